The smallest absolute Gasteiger partial charge is 0.222 e. The number of thiol groups is 1. The Balaban J connectivity index is 2.43. The van der Waals surface area contributed by atoms with Gasteiger partial charge in [0.15, 0.2) is 0 Å². The fraction of sp³-hybridized carbons (Fsp3) is 0.417. The molecule has 2 unspecified atom stereocenters. The van der Waals surface area contributed by atoms with Gasteiger partial charge in [-0.3, -0.25) is 4.79 Å². The van der Waals surface area contributed by atoms with Gasteiger partial charge in [-0.2, -0.15) is 0 Å². The van der Waals surface area contributed by atoms with Gasteiger partial charge in [-0.15, -0.1) is 0 Å². The molecule has 19 heavy (non-hydrogen) atoms. The molecule has 1 aromatic carbocycles. The van der Waals surface area contributed by atoms with Gasteiger partial charge in [0.05, 0.1) is 16.0 Å². The molecule has 1 aliphatic rings. The molecule has 3 N–H and O–H groups in total. The highest BCUT2D eigenvalue weighted by Gasteiger charge is 2.32. The number of carbonyl (C=O) groups excluding carboxylic acids is 1. The molecule has 4 nitrogen and oxygen atoms in total. The molecular weight excluding hydrogens is 307 g/mol. The first kappa shape index (κ1) is 14.8. The van der Waals surface area contributed by atoms with Crippen molar-refractivity contribution in [2.75, 3.05) is 13.1 Å². The summed E-state index contributed by atoms with van der Waals surface area (Å²) in [5, 5.41) is 3.97. The van der Waals surface area contributed by atoms with Crippen LogP contribution in [0.25, 0.3) is 0 Å². The number of primary amides is 1. The molecule has 1 fully saturated rings. The Labute approximate surface area is 127 Å². The zero-order chi connectivity index (χ0) is 14.0. The monoisotopic (exact) mass is 320 g/mol. The maximum atomic E-state index is 11.6. The van der Waals surface area contributed by atoms with E-state index in [4.69, 9.17) is 33.1 Å². The van der Waals surface area contributed by atoms with Crippen molar-refractivity contribution >= 4 is 42.0 Å². The Kier molecular flexibility index (Phi) is 4.84. The Morgan fingerprint density at radius 1 is 1.42 bits per heavy atom. The van der Waals surface area contributed by atoms with Gasteiger partial charge in [0.2, 0.25) is 5.91 Å². The Bertz CT molecular complexity index is 499. The van der Waals surface area contributed by atoms with Crippen LogP contribution in [0.3, 0.4) is 0 Å². The lowest BCUT2D eigenvalue weighted by molar-refractivity contribution is -0.122. The van der Waals surface area contributed by atoms with Crippen molar-refractivity contribution in [2.45, 2.75) is 12.3 Å². The van der Waals surface area contributed by atoms with Crippen LogP contribution < -0.4 is 15.2 Å². The molecule has 104 valence electrons. The quantitative estimate of drug-likeness (QED) is 0.592. The number of nitrogens with one attached hydrogen (secondary N) is 1. The fourth-order valence-electron chi connectivity index (χ4n) is 2.44. The molecule has 0 spiro atoms. The van der Waals surface area contributed by atoms with Crippen molar-refractivity contribution in [1.29, 1.82) is 0 Å². The summed E-state index contributed by atoms with van der Waals surface area (Å²) in [6.07, 6.45) is 0.774. The predicted octanol–water partition coefficient (Wildman–Crippen LogP) is 2.40. The van der Waals surface area contributed by atoms with Gasteiger partial charge in [-0.1, -0.05) is 23.2 Å². The van der Waals surface area contributed by atoms with E-state index in [2.05, 4.69) is 18.2 Å². The van der Waals surface area contributed by atoms with Crippen LogP contribution in [-0.4, -0.2) is 19.0 Å². The number of hydrogen-bond donors (Lipinski definition) is 3. The van der Waals surface area contributed by atoms with E-state index in [0.29, 0.717) is 22.3 Å². The average Bonchev–Trinajstić information content (AvgIpc) is 2.41. The van der Waals surface area contributed by atoms with E-state index in [1.54, 1.807) is 12.1 Å². The second-order valence-corrected chi connectivity index (χ2v) is 5.50. The van der Waals surface area contributed by atoms with Crippen molar-refractivity contribution < 1.29 is 8.98 Å². The van der Waals surface area contributed by atoms with Crippen molar-refractivity contribution in [3.63, 3.8) is 0 Å². The summed E-state index contributed by atoms with van der Waals surface area (Å²) < 4.78 is 5.04. The fourth-order valence-corrected chi connectivity index (χ4v) is 2.93. The van der Waals surface area contributed by atoms with E-state index in [1.807, 2.05) is 0 Å². The minimum Gasteiger partial charge on any atom is -0.429 e. The van der Waals surface area contributed by atoms with Gasteiger partial charge >= 0.3 is 0 Å². The summed E-state index contributed by atoms with van der Waals surface area (Å²) in [6, 6.07) is 3.33. The topological polar surface area (TPSA) is 64.4 Å². The lowest BCUT2D eigenvalue weighted by atomic mass is 9.80. The minimum atomic E-state index is -0.339. The molecule has 1 heterocycles. The highest BCUT2D eigenvalue weighted by molar-refractivity contribution is 7.75. The molecule has 1 aliphatic heterocycles. The number of hydrogen-bond acceptors (Lipinski definition) is 4. The number of amides is 1. The number of nitrogens with two attached hydrogens (primary N) is 1. The molecular formula is C12H14Cl2N2O2S. The highest BCUT2D eigenvalue weighted by atomic mass is 35.5. The van der Waals surface area contributed by atoms with Crippen LogP contribution in [0.2, 0.25) is 10.0 Å². The van der Waals surface area contributed by atoms with Crippen LogP contribution in [-0.2, 0) is 4.79 Å². The summed E-state index contributed by atoms with van der Waals surface area (Å²) in [5.74, 6) is -0.173. The lowest BCUT2D eigenvalue weighted by Gasteiger charge is -2.31. The van der Waals surface area contributed by atoms with Gasteiger partial charge in [0.1, 0.15) is 5.75 Å². The Hall–Kier alpha value is -0.620. The zero-order valence-electron chi connectivity index (χ0n) is 10.0. The molecule has 0 radical (unpaired) electrons. The summed E-state index contributed by atoms with van der Waals surface area (Å²) in [7, 11) is 0. The van der Waals surface area contributed by atoms with Crippen molar-refractivity contribution in [2.24, 2.45) is 11.7 Å². The maximum absolute atomic E-state index is 11.6. The first-order valence-corrected chi connectivity index (χ1v) is 6.97. The van der Waals surface area contributed by atoms with Gasteiger partial charge in [0, 0.05) is 37.0 Å². The summed E-state index contributed by atoms with van der Waals surface area (Å²) in [6.45, 7) is 1.35. The number of rotatable bonds is 3. The van der Waals surface area contributed by atoms with Crippen LogP contribution in [0.5, 0.6) is 5.75 Å². The molecule has 7 heteroatoms. The molecule has 2 atom stereocenters. The molecule has 2 rings (SSSR count). The van der Waals surface area contributed by atoms with Gasteiger partial charge < -0.3 is 15.2 Å². The van der Waals surface area contributed by atoms with Gasteiger partial charge in [-0.25, -0.2) is 0 Å². The number of halogens is 2. The van der Waals surface area contributed by atoms with Crippen molar-refractivity contribution in [3.8, 4) is 5.75 Å². The second-order valence-electron chi connectivity index (χ2n) is 4.50. The van der Waals surface area contributed by atoms with E-state index in [0.717, 1.165) is 18.5 Å². The van der Waals surface area contributed by atoms with Crippen LogP contribution in [0, 0.1) is 5.92 Å². The average molecular weight is 321 g/mol. The summed E-state index contributed by atoms with van der Waals surface area (Å²) in [5.41, 5.74) is 6.27. The number of benzene rings is 1. The van der Waals surface area contributed by atoms with Crippen LogP contribution in [0.1, 0.15) is 17.9 Å². The third-order valence-electron chi connectivity index (χ3n) is 3.40. The zero-order valence-corrected chi connectivity index (χ0v) is 12.4. The lowest BCUT2D eigenvalue weighted by Crippen LogP contribution is -2.42. The van der Waals surface area contributed by atoms with E-state index in [1.165, 1.54) is 0 Å². The van der Waals surface area contributed by atoms with Crippen molar-refractivity contribution in [1.82, 2.24) is 5.32 Å². The normalized spacial score (nSPS) is 23.1. The first-order valence-electron chi connectivity index (χ1n) is 5.85. The Morgan fingerprint density at radius 2 is 2.11 bits per heavy atom. The van der Waals surface area contributed by atoms with Crippen LogP contribution >= 0.6 is 36.1 Å². The predicted molar refractivity (Wildman–Crippen MR) is 79.0 cm³/mol. The molecule has 1 aromatic rings. The Morgan fingerprint density at radius 3 is 2.74 bits per heavy atom. The second kappa shape index (κ2) is 6.22. The molecule has 1 amide bonds. The van der Waals surface area contributed by atoms with E-state index in [-0.39, 0.29) is 17.7 Å². The number of carbonyl (C=O) groups is 1. The first-order chi connectivity index (χ1) is 9.04. The summed E-state index contributed by atoms with van der Waals surface area (Å²) >= 11 is 15.8. The standard InChI is InChI=1S/C12H14Cl2N2O2S/c13-9-3-7(11(18-19)4-10(9)14)6-1-2-16-5-8(6)12(15)17/h3-4,6,8,16,19H,1-2,5H2,(H2,15,17). The van der Waals surface area contributed by atoms with E-state index in [9.17, 15) is 4.79 Å². The molecule has 0 aliphatic carbocycles. The van der Waals surface area contributed by atoms with Crippen molar-refractivity contribution in [3.05, 3.63) is 27.7 Å². The third kappa shape index (κ3) is 3.11. The third-order valence-corrected chi connectivity index (χ3v) is 4.32. The molecule has 1 saturated heterocycles. The SMILES string of the molecule is NC(=O)C1CNCCC1c1cc(Cl)c(Cl)cc1OS. The highest BCUT2D eigenvalue weighted by Crippen LogP contribution is 2.40. The minimum absolute atomic E-state index is 0.0457. The van der Waals surface area contributed by atoms with Gasteiger partial charge in [0.25, 0.3) is 0 Å². The van der Waals surface area contributed by atoms with Crippen LogP contribution in [0.15, 0.2) is 12.1 Å². The largest absolute Gasteiger partial charge is 0.429 e. The molecule has 0 aromatic heterocycles. The number of piperidine rings is 1. The van der Waals surface area contributed by atoms with E-state index >= 15 is 0 Å². The molecule has 0 bridgehead atoms. The summed E-state index contributed by atoms with van der Waals surface area (Å²) in [4.78, 5) is 11.6. The maximum Gasteiger partial charge on any atom is 0.222 e. The molecule has 0 saturated carbocycles. The van der Waals surface area contributed by atoms with Gasteiger partial charge in [-0.05, 0) is 19.0 Å². The van der Waals surface area contributed by atoms with E-state index < -0.39 is 0 Å². The van der Waals surface area contributed by atoms with Crippen LogP contribution in [0.4, 0.5) is 0 Å².